The predicted octanol–water partition coefficient (Wildman–Crippen LogP) is 2.01. The van der Waals surface area contributed by atoms with Gasteiger partial charge < -0.3 is 15.0 Å². The number of nitrogens with one attached hydrogen (secondary N) is 1. The van der Waals surface area contributed by atoms with Crippen molar-refractivity contribution in [3.8, 4) is 0 Å². The fourth-order valence-corrected chi connectivity index (χ4v) is 2.17. The van der Waals surface area contributed by atoms with Gasteiger partial charge in [-0.2, -0.15) is 0 Å². The molecule has 2 aromatic rings. The Morgan fingerprint density at radius 2 is 1.75 bits per heavy atom. The van der Waals surface area contributed by atoms with Crippen molar-refractivity contribution in [1.29, 1.82) is 0 Å². The molecule has 126 valence electrons. The second-order valence-electron chi connectivity index (χ2n) is 5.55. The Morgan fingerprint density at radius 1 is 1.08 bits per heavy atom. The Hall–Kier alpha value is -2.89. The number of alkyl carbamates (subject to hydrolysis) is 1. The first-order valence-electron chi connectivity index (χ1n) is 7.63. The molecular formula is C18H21N3O3. The van der Waals surface area contributed by atoms with Gasteiger partial charge in [0.2, 0.25) is 5.91 Å². The van der Waals surface area contributed by atoms with Gasteiger partial charge in [-0.25, -0.2) is 4.79 Å². The maximum atomic E-state index is 12.3. The molecule has 0 radical (unpaired) electrons. The molecule has 1 unspecified atom stereocenters. The van der Waals surface area contributed by atoms with Crippen LogP contribution in [0.25, 0.3) is 0 Å². The van der Waals surface area contributed by atoms with Crippen LogP contribution in [0.15, 0.2) is 54.9 Å². The Bertz CT molecular complexity index is 660. The topological polar surface area (TPSA) is 71.5 Å². The minimum absolute atomic E-state index is 0.128. The van der Waals surface area contributed by atoms with Crippen molar-refractivity contribution in [2.75, 3.05) is 14.1 Å². The molecule has 1 N–H and O–H groups in total. The number of pyridine rings is 1. The molecule has 0 aliphatic carbocycles. The van der Waals surface area contributed by atoms with Crippen molar-refractivity contribution >= 4 is 12.0 Å². The maximum absolute atomic E-state index is 12.3. The molecule has 1 aromatic carbocycles. The molecule has 1 atom stereocenters. The van der Waals surface area contributed by atoms with Crippen LogP contribution in [-0.2, 0) is 22.6 Å². The van der Waals surface area contributed by atoms with E-state index in [9.17, 15) is 9.59 Å². The second-order valence-corrected chi connectivity index (χ2v) is 5.55. The molecule has 1 heterocycles. The number of nitrogens with zero attached hydrogens (tertiary/aromatic N) is 2. The van der Waals surface area contributed by atoms with Crippen LogP contribution < -0.4 is 5.32 Å². The van der Waals surface area contributed by atoms with Gasteiger partial charge in [-0.1, -0.05) is 30.3 Å². The van der Waals surface area contributed by atoms with E-state index < -0.39 is 12.1 Å². The van der Waals surface area contributed by atoms with E-state index in [0.29, 0.717) is 6.42 Å². The number of carbonyl (C=O) groups is 2. The summed E-state index contributed by atoms with van der Waals surface area (Å²) < 4.78 is 5.18. The van der Waals surface area contributed by atoms with Crippen molar-refractivity contribution in [2.24, 2.45) is 0 Å². The van der Waals surface area contributed by atoms with Gasteiger partial charge in [0.05, 0.1) is 0 Å². The summed E-state index contributed by atoms with van der Waals surface area (Å²) in [5.41, 5.74) is 1.80. The quantitative estimate of drug-likeness (QED) is 0.881. The fourth-order valence-electron chi connectivity index (χ4n) is 2.17. The highest BCUT2D eigenvalue weighted by Crippen LogP contribution is 2.06. The Labute approximate surface area is 141 Å². The third kappa shape index (κ3) is 5.39. The van der Waals surface area contributed by atoms with E-state index in [1.165, 1.54) is 4.90 Å². The molecule has 0 aliphatic rings. The number of rotatable bonds is 6. The third-order valence-corrected chi connectivity index (χ3v) is 3.43. The van der Waals surface area contributed by atoms with Crippen LogP contribution in [0.2, 0.25) is 0 Å². The lowest BCUT2D eigenvalue weighted by Gasteiger charge is -2.21. The van der Waals surface area contributed by atoms with Crippen molar-refractivity contribution in [3.63, 3.8) is 0 Å². The molecule has 2 rings (SSSR count). The number of ether oxygens (including phenoxy) is 1. The molecule has 0 fully saturated rings. The monoisotopic (exact) mass is 327 g/mol. The zero-order chi connectivity index (χ0) is 17.4. The standard InChI is InChI=1S/C18H21N3O3/c1-21(2)17(22)16(12-14-6-4-3-5-7-14)20-18(23)24-13-15-8-10-19-11-9-15/h3-11,16H,12-13H2,1-2H3,(H,20,23). The molecule has 0 aliphatic heterocycles. The summed E-state index contributed by atoms with van der Waals surface area (Å²) >= 11 is 0. The molecule has 6 nitrogen and oxygen atoms in total. The molecule has 2 amide bonds. The Balaban J connectivity index is 1.96. The number of benzene rings is 1. The van der Waals surface area contributed by atoms with Crippen molar-refractivity contribution < 1.29 is 14.3 Å². The number of likely N-dealkylation sites (N-methyl/N-ethyl adjacent to an activating group) is 1. The summed E-state index contributed by atoms with van der Waals surface area (Å²) in [5.74, 6) is -0.181. The van der Waals surface area contributed by atoms with E-state index in [1.807, 2.05) is 30.3 Å². The van der Waals surface area contributed by atoms with Crippen LogP contribution in [0.4, 0.5) is 4.79 Å². The molecule has 0 spiro atoms. The van der Waals surface area contributed by atoms with Gasteiger partial charge in [-0.05, 0) is 23.3 Å². The summed E-state index contributed by atoms with van der Waals surface area (Å²) in [7, 11) is 3.31. The summed E-state index contributed by atoms with van der Waals surface area (Å²) in [6, 6.07) is 12.4. The minimum atomic E-state index is -0.674. The highest BCUT2D eigenvalue weighted by atomic mass is 16.5. The highest BCUT2D eigenvalue weighted by Gasteiger charge is 2.23. The summed E-state index contributed by atoms with van der Waals surface area (Å²) in [5, 5.41) is 2.65. The fraction of sp³-hybridized carbons (Fsp3) is 0.278. The predicted molar refractivity (Wildman–Crippen MR) is 90.2 cm³/mol. The van der Waals surface area contributed by atoms with Crippen LogP contribution in [0, 0.1) is 0 Å². The average molecular weight is 327 g/mol. The lowest BCUT2D eigenvalue weighted by molar-refractivity contribution is -0.130. The van der Waals surface area contributed by atoms with E-state index >= 15 is 0 Å². The zero-order valence-electron chi connectivity index (χ0n) is 13.8. The number of amides is 2. The van der Waals surface area contributed by atoms with E-state index in [1.54, 1.807) is 38.6 Å². The van der Waals surface area contributed by atoms with Gasteiger partial charge in [0.25, 0.3) is 0 Å². The van der Waals surface area contributed by atoms with Gasteiger partial charge in [0.1, 0.15) is 12.6 Å². The second kappa shape index (κ2) is 8.67. The Kier molecular flexibility index (Phi) is 6.31. The van der Waals surface area contributed by atoms with Crippen LogP contribution in [0.5, 0.6) is 0 Å². The summed E-state index contributed by atoms with van der Waals surface area (Å²) in [4.78, 5) is 29.7. The van der Waals surface area contributed by atoms with Crippen LogP contribution >= 0.6 is 0 Å². The van der Waals surface area contributed by atoms with Gasteiger partial charge >= 0.3 is 6.09 Å². The number of hydrogen-bond donors (Lipinski definition) is 1. The molecule has 1 aromatic heterocycles. The molecule has 0 saturated heterocycles. The highest BCUT2D eigenvalue weighted by molar-refractivity contribution is 5.85. The SMILES string of the molecule is CN(C)C(=O)C(Cc1ccccc1)NC(=O)OCc1ccncc1. The van der Waals surface area contributed by atoms with Crippen molar-refractivity contribution in [3.05, 3.63) is 66.0 Å². The van der Waals surface area contributed by atoms with E-state index in [-0.39, 0.29) is 12.5 Å². The van der Waals surface area contributed by atoms with Crippen molar-refractivity contribution in [2.45, 2.75) is 19.1 Å². The lowest BCUT2D eigenvalue weighted by atomic mass is 10.1. The maximum Gasteiger partial charge on any atom is 0.408 e. The first-order valence-corrected chi connectivity index (χ1v) is 7.63. The molecule has 24 heavy (non-hydrogen) atoms. The normalized spacial score (nSPS) is 11.4. The summed E-state index contributed by atoms with van der Waals surface area (Å²) in [6.07, 6.45) is 3.04. The van der Waals surface area contributed by atoms with Gasteiger partial charge in [0.15, 0.2) is 0 Å². The molecular weight excluding hydrogens is 306 g/mol. The van der Waals surface area contributed by atoms with Crippen LogP contribution in [0.3, 0.4) is 0 Å². The van der Waals surface area contributed by atoms with Crippen LogP contribution in [-0.4, -0.2) is 42.0 Å². The number of aromatic nitrogens is 1. The molecule has 0 saturated carbocycles. The van der Waals surface area contributed by atoms with Crippen molar-refractivity contribution in [1.82, 2.24) is 15.2 Å². The van der Waals surface area contributed by atoms with Gasteiger partial charge in [-0.15, -0.1) is 0 Å². The largest absolute Gasteiger partial charge is 0.445 e. The van der Waals surface area contributed by atoms with Crippen LogP contribution in [0.1, 0.15) is 11.1 Å². The molecule has 0 bridgehead atoms. The lowest BCUT2D eigenvalue weighted by Crippen LogP contribution is -2.47. The zero-order valence-corrected chi connectivity index (χ0v) is 13.8. The summed E-state index contributed by atoms with van der Waals surface area (Å²) in [6.45, 7) is 0.128. The average Bonchev–Trinajstić information content (AvgIpc) is 2.60. The Morgan fingerprint density at radius 3 is 2.38 bits per heavy atom. The number of carbonyl (C=O) groups excluding carboxylic acids is 2. The van der Waals surface area contributed by atoms with Gasteiger partial charge in [-0.3, -0.25) is 9.78 Å². The number of hydrogen-bond acceptors (Lipinski definition) is 4. The van der Waals surface area contributed by atoms with Gasteiger partial charge in [0, 0.05) is 32.9 Å². The first-order chi connectivity index (χ1) is 11.6. The van der Waals surface area contributed by atoms with E-state index in [4.69, 9.17) is 4.74 Å². The first kappa shape index (κ1) is 17.5. The van der Waals surface area contributed by atoms with E-state index in [0.717, 1.165) is 11.1 Å². The minimum Gasteiger partial charge on any atom is -0.445 e. The third-order valence-electron chi connectivity index (χ3n) is 3.43. The van der Waals surface area contributed by atoms with E-state index in [2.05, 4.69) is 10.3 Å². The smallest absolute Gasteiger partial charge is 0.408 e. The molecule has 6 heteroatoms.